The number of ether oxygens (including phenoxy) is 1. The fourth-order valence-electron chi connectivity index (χ4n) is 1.27. The van der Waals surface area contributed by atoms with Crippen LogP contribution in [0.4, 0.5) is 13.2 Å². The molecule has 1 atom stereocenters. The second-order valence-electron chi connectivity index (χ2n) is 3.60. The SMILES string of the molecule is CNC(C)c1ccc(OCC(F)(F)F)cc1Cl. The third kappa shape index (κ3) is 4.44. The first-order valence-electron chi connectivity index (χ1n) is 5.00. The van der Waals surface area contributed by atoms with E-state index >= 15 is 0 Å². The monoisotopic (exact) mass is 267 g/mol. The molecule has 1 N–H and O–H groups in total. The van der Waals surface area contributed by atoms with Gasteiger partial charge in [0.2, 0.25) is 0 Å². The summed E-state index contributed by atoms with van der Waals surface area (Å²) in [7, 11) is 1.77. The van der Waals surface area contributed by atoms with E-state index in [1.54, 1.807) is 13.1 Å². The van der Waals surface area contributed by atoms with Crippen molar-refractivity contribution in [2.45, 2.75) is 19.1 Å². The Bertz CT molecular complexity index is 381. The molecule has 0 aliphatic rings. The van der Waals surface area contributed by atoms with Gasteiger partial charge in [-0.3, -0.25) is 0 Å². The van der Waals surface area contributed by atoms with Crippen molar-refractivity contribution in [2.75, 3.05) is 13.7 Å². The zero-order valence-electron chi connectivity index (χ0n) is 9.44. The Morgan fingerprint density at radius 1 is 1.41 bits per heavy atom. The molecule has 1 aromatic carbocycles. The third-order valence-electron chi connectivity index (χ3n) is 2.27. The molecule has 0 aliphatic carbocycles. The Hall–Kier alpha value is -0.940. The Morgan fingerprint density at radius 3 is 2.53 bits per heavy atom. The van der Waals surface area contributed by atoms with Crippen LogP contribution < -0.4 is 10.1 Å². The number of hydrogen-bond donors (Lipinski definition) is 1. The largest absolute Gasteiger partial charge is 0.484 e. The second-order valence-corrected chi connectivity index (χ2v) is 4.00. The highest BCUT2D eigenvalue weighted by Gasteiger charge is 2.28. The van der Waals surface area contributed by atoms with Crippen LogP contribution in [0.25, 0.3) is 0 Å². The molecule has 2 nitrogen and oxygen atoms in total. The summed E-state index contributed by atoms with van der Waals surface area (Å²) in [4.78, 5) is 0. The Labute approximate surface area is 103 Å². The fraction of sp³-hybridized carbons (Fsp3) is 0.455. The highest BCUT2D eigenvalue weighted by Crippen LogP contribution is 2.28. The molecule has 0 fully saturated rings. The second kappa shape index (κ2) is 5.60. The summed E-state index contributed by atoms with van der Waals surface area (Å²) in [6, 6.07) is 4.53. The molecule has 17 heavy (non-hydrogen) atoms. The first kappa shape index (κ1) is 14.1. The maximum Gasteiger partial charge on any atom is 0.422 e. The van der Waals surface area contributed by atoms with Crippen molar-refractivity contribution in [3.8, 4) is 5.75 Å². The van der Waals surface area contributed by atoms with E-state index in [1.165, 1.54) is 12.1 Å². The molecule has 0 saturated carbocycles. The molecule has 96 valence electrons. The van der Waals surface area contributed by atoms with Gasteiger partial charge >= 0.3 is 6.18 Å². The molecule has 0 saturated heterocycles. The predicted octanol–water partition coefficient (Wildman–Crippen LogP) is 3.56. The van der Waals surface area contributed by atoms with Crippen molar-refractivity contribution in [3.63, 3.8) is 0 Å². The quantitative estimate of drug-likeness (QED) is 0.901. The van der Waals surface area contributed by atoms with Crippen LogP contribution in [0.5, 0.6) is 5.75 Å². The summed E-state index contributed by atoms with van der Waals surface area (Å²) in [5.74, 6) is 0.111. The van der Waals surface area contributed by atoms with Crippen LogP contribution in [-0.4, -0.2) is 19.8 Å². The van der Waals surface area contributed by atoms with Crippen molar-refractivity contribution >= 4 is 11.6 Å². The number of nitrogens with one attached hydrogen (secondary N) is 1. The van der Waals surface area contributed by atoms with Gasteiger partial charge in [-0.15, -0.1) is 0 Å². The lowest BCUT2D eigenvalue weighted by Crippen LogP contribution is -2.19. The molecule has 0 radical (unpaired) electrons. The van der Waals surface area contributed by atoms with E-state index in [0.717, 1.165) is 5.56 Å². The minimum atomic E-state index is -4.34. The number of rotatable bonds is 4. The van der Waals surface area contributed by atoms with Crippen molar-refractivity contribution in [1.82, 2.24) is 5.32 Å². The van der Waals surface area contributed by atoms with E-state index in [2.05, 4.69) is 10.1 Å². The molecular formula is C11H13ClF3NO. The van der Waals surface area contributed by atoms with Crippen molar-refractivity contribution in [1.29, 1.82) is 0 Å². The van der Waals surface area contributed by atoms with Crippen LogP contribution in [0, 0.1) is 0 Å². The van der Waals surface area contributed by atoms with Gasteiger partial charge in [0.05, 0.1) is 0 Å². The summed E-state index contributed by atoms with van der Waals surface area (Å²) in [5.41, 5.74) is 0.813. The average molecular weight is 268 g/mol. The maximum atomic E-state index is 11.9. The van der Waals surface area contributed by atoms with Gasteiger partial charge in [-0.2, -0.15) is 13.2 Å². The van der Waals surface area contributed by atoms with Crippen molar-refractivity contribution in [2.24, 2.45) is 0 Å². The molecule has 6 heteroatoms. The fourth-order valence-corrected chi connectivity index (χ4v) is 1.60. The van der Waals surface area contributed by atoms with Crippen LogP contribution in [0.1, 0.15) is 18.5 Å². The lowest BCUT2D eigenvalue weighted by Gasteiger charge is -2.14. The van der Waals surface area contributed by atoms with Gasteiger partial charge in [-0.25, -0.2) is 0 Å². The van der Waals surface area contributed by atoms with Gasteiger partial charge in [0, 0.05) is 11.1 Å². The minimum absolute atomic E-state index is 0.0270. The lowest BCUT2D eigenvalue weighted by molar-refractivity contribution is -0.153. The van der Waals surface area contributed by atoms with E-state index in [4.69, 9.17) is 11.6 Å². The van der Waals surface area contributed by atoms with E-state index in [0.29, 0.717) is 5.02 Å². The molecule has 0 aromatic heterocycles. The molecule has 1 aromatic rings. The van der Waals surface area contributed by atoms with Gasteiger partial charge in [0.1, 0.15) is 5.75 Å². The zero-order valence-corrected chi connectivity index (χ0v) is 10.2. The standard InChI is InChI=1S/C11H13ClF3NO/c1-7(16-2)9-4-3-8(5-10(9)12)17-6-11(13,14)15/h3-5,7,16H,6H2,1-2H3. The van der Waals surface area contributed by atoms with Crippen LogP contribution in [0.15, 0.2) is 18.2 Å². The summed E-state index contributed by atoms with van der Waals surface area (Å²) in [5, 5.41) is 3.37. The van der Waals surface area contributed by atoms with Gasteiger partial charge < -0.3 is 10.1 Å². The minimum Gasteiger partial charge on any atom is -0.484 e. The molecule has 0 bridgehead atoms. The zero-order chi connectivity index (χ0) is 13.1. The predicted molar refractivity (Wildman–Crippen MR) is 60.5 cm³/mol. The number of benzene rings is 1. The number of halogens is 4. The van der Waals surface area contributed by atoms with Gasteiger partial charge in [0.25, 0.3) is 0 Å². The van der Waals surface area contributed by atoms with Crippen molar-refractivity contribution < 1.29 is 17.9 Å². The third-order valence-corrected chi connectivity index (χ3v) is 2.60. The molecular weight excluding hydrogens is 255 g/mol. The van der Waals surface area contributed by atoms with Crippen LogP contribution in [0.3, 0.4) is 0 Å². The van der Waals surface area contributed by atoms with E-state index in [9.17, 15) is 13.2 Å². The van der Waals surface area contributed by atoms with E-state index in [-0.39, 0.29) is 11.8 Å². The summed E-state index contributed by atoms with van der Waals surface area (Å²) >= 11 is 5.95. The maximum absolute atomic E-state index is 11.9. The van der Waals surface area contributed by atoms with Gasteiger partial charge in [-0.1, -0.05) is 17.7 Å². The van der Waals surface area contributed by atoms with Gasteiger partial charge in [-0.05, 0) is 31.7 Å². The topological polar surface area (TPSA) is 21.3 Å². The average Bonchev–Trinajstić information content (AvgIpc) is 2.24. The van der Waals surface area contributed by atoms with Crippen LogP contribution in [0.2, 0.25) is 5.02 Å². The number of hydrogen-bond acceptors (Lipinski definition) is 2. The summed E-state index contributed by atoms with van der Waals surface area (Å²) < 4.78 is 40.4. The Morgan fingerprint density at radius 2 is 2.06 bits per heavy atom. The molecule has 0 spiro atoms. The normalized spacial score (nSPS) is 13.5. The first-order valence-corrected chi connectivity index (χ1v) is 5.37. The van der Waals surface area contributed by atoms with E-state index < -0.39 is 12.8 Å². The highest BCUT2D eigenvalue weighted by molar-refractivity contribution is 6.31. The molecule has 0 heterocycles. The number of alkyl halides is 3. The Balaban J connectivity index is 2.75. The molecule has 1 rings (SSSR count). The van der Waals surface area contributed by atoms with Crippen LogP contribution in [-0.2, 0) is 0 Å². The highest BCUT2D eigenvalue weighted by atomic mass is 35.5. The molecule has 1 unspecified atom stereocenters. The van der Waals surface area contributed by atoms with E-state index in [1.807, 2.05) is 6.92 Å². The molecule has 0 amide bonds. The summed E-state index contributed by atoms with van der Waals surface area (Å²) in [6.45, 7) is 0.585. The first-order chi connectivity index (χ1) is 7.83. The lowest BCUT2D eigenvalue weighted by atomic mass is 10.1. The summed E-state index contributed by atoms with van der Waals surface area (Å²) in [6.07, 6.45) is -4.34. The molecule has 0 aliphatic heterocycles. The van der Waals surface area contributed by atoms with Crippen LogP contribution >= 0.6 is 11.6 Å². The smallest absolute Gasteiger partial charge is 0.422 e. The Kier molecular flexibility index (Phi) is 4.65. The van der Waals surface area contributed by atoms with Gasteiger partial charge in [0.15, 0.2) is 6.61 Å². The van der Waals surface area contributed by atoms with Crippen molar-refractivity contribution in [3.05, 3.63) is 28.8 Å².